The summed E-state index contributed by atoms with van der Waals surface area (Å²) >= 11 is 11.0. The zero-order valence-corrected chi connectivity index (χ0v) is 10.5. The van der Waals surface area contributed by atoms with Gasteiger partial charge in [-0.2, -0.15) is 12.6 Å². The molecule has 0 bridgehead atoms. The average molecular weight is 312 g/mol. The van der Waals surface area contributed by atoms with E-state index in [9.17, 15) is 0 Å². The zero-order chi connectivity index (χ0) is 9.14. The molecule has 0 N–H and O–H groups in total. The number of hydrogen-bond donors (Lipinski definition) is 1. The van der Waals surface area contributed by atoms with Crippen molar-refractivity contribution >= 4 is 44.5 Å². The minimum absolute atomic E-state index is 0.668. The van der Waals surface area contributed by atoms with Crippen LogP contribution in [0, 0.1) is 0 Å². The molecule has 0 aliphatic carbocycles. The Balaban J connectivity index is 3.24. The van der Waals surface area contributed by atoms with Gasteiger partial charge in [-0.05, 0) is 28.1 Å². The summed E-state index contributed by atoms with van der Waals surface area (Å²) in [6, 6.07) is 3.95. The fourth-order valence-electron chi connectivity index (χ4n) is 0.960. The van der Waals surface area contributed by atoms with Crippen LogP contribution in [0.15, 0.2) is 21.1 Å². The highest BCUT2D eigenvalue weighted by atomic mass is 79.9. The first kappa shape index (κ1) is 10.4. The molecule has 1 aromatic carbocycles. The molecule has 1 rings (SSSR count). The molecule has 0 radical (unpaired) electrons. The molecule has 0 amide bonds. The first-order valence-corrected chi connectivity index (χ1v) is 5.53. The molecule has 0 spiro atoms. The maximum atomic E-state index is 5.21. The van der Waals surface area contributed by atoms with E-state index in [-0.39, 0.29) is 0 Å². The van der Waals surface area contributed by atoms with Crippen molar-refractivity contribution in [3.8, 4) is 5.75 Å². The van der Waals surface area contributed by atoms with Gasteiger partial charge < -0.3 is 4.74 Å². The lowest BCUT2D eigenvalue weighted by Crippen LogP contribution is -1.90. The van der Waals surface area contributed by atoms with Crippen molar-refractivity contribution in [3.05, 3.63) is 26.6 Å². The molecule has 12 heavy (non-hydrogen) atoms. The van der Waals surface area contributed by atoms with E-state index >= 15 is 0 Å². The summed E-state index contributed by atoms with van der Waals surface area (Å²) in [6.45, 7) is 0. The number of ether oxygens (including phenoxy) is 1. The van der Waals surface area contributed by atoms with Crippen LogP contribution in [0.1, 0.15) is 5.56 Å². The Morgan fingerprint density at radius 1 is 1.42 bits per heavy atom. The first-order chi connectivity index (χ1) is 5.69. The molecule has 1 aromatic rings. The lowest BCUT2D eigenvalue weighted by atomic mass is 10.2. The van der Waals surface area contributed by atoms with Crippen LogP contribution in [0.4, 0.5) is 0 Å². The Labute approximate surface area is 94.2 Å². The van der Waals surface area contributed by atoms with Gasteiger partial charge in [0.2, 0.25) is 0 Å². The molecule has 0 aliphatic rings. The van der Waals surface area contributed by atoms with Crippen molar-refractivity contribution in [1.29, 1.82) is 0 Å². The van der Waals surface area contributed by atoms with Gasteiger partial charge in [-0.3, -0.25) is 0 Å². The second-order valence-corrected chi connectivity index (χ2v) is 4.32. The van der Waals surface area contributed by atoms with E-state index in [0.717, 1.165) is 20.3 Å². The van der Waals surface area contributed by atoms with Gasteiger partial charge in [0.15, 0.2) is 0 Å². The van der Waals surface area contributed by atoms with Crippen LogP contribution in [-0.4, -0.2) is 7.11 Å². The van der Waals surface area contributed by atoms with Crippen LogP contribution in [0.25, 0.3) is 0 Å². The predicted octanol–water partition coefficient (Wildman–Crippen LogP) is 3.65. The third kappa shape index (κ3) is 2.18. The maximum Gasteiger partial charge on any atom is 0.137 e. The summed E-state index contributed by atoms with van der Waals surface area (Å²) < 4.78 is 7.18. The van der Waals surface area contributed by atoms with Gasteiger partial charge in [-0.15, -0.1) is 0 Å². The monoisotopic (exact) mass is 310 g/mol. The quantitative estimate of drug-likeness (QED) is 0.820. The van der Waals surface area contributed by atoms with Gasteiger partial charge >= 0.3 is 0 Å². The predicted molar refractivity (Wildman–Crippen MR) is 61.1 cm³/mol. The van der Waals surface area contributed by atoms with Crippen molar-refractivity contribution in [3.63, 3.8) is 0 Å². The van der Waals surface area contributed by atoms with Gasteiger partial charge in [-0.1, -0.05) is 15.9 Å². The molecule has 0 fully saturated rings. The number of halogens is 2. The van der Waals surface area contributed by atoms with Gasteiger partial charge in [0.25, 0.3) is 0 Å². The molecule has 0 atom stereocenters. The van der Waals surface area contributed by atoms with Crippen molar-refractivity contribution in [2.24, 2.45) is 0 Å². The van der Waals surface area contributed by atoms with E-state index in [1.54, 1.807) is 7.11 Å². The molecule has 4 heteroatoms. The smallest absolute Gasteiger partial charge is 0.137 e. The van der Waals surface area contributed by atoms with Crippen molar-refractivity contribution < 1.29 is 4.74 Å². The number of methoxy groups -OCH3 is 1. The SMILES string of the molecule is COc1c(Br)cc(Br)cc1CS. The lowest BCUT2D eigenvalue weighted by Gasteiger charge is -2.08. The summed E-state index contributed by atoms with van der Waals surface area (Å²) in [5, 5.41) is 0. The van der Waals surface area contributed by atoms with Gasteiger partial charge in [-0.25, -0.2) is 0 Å². The number of rotatable bonds is 2. The first-order valence-electron chi connectivity index (χ1n) is 3.31. The third-order valence-corrected chi connectivity index (χ3v) is 2.85. The van der Waals surface area contributed by atoms with Crippen molar-refractivity contribution in [2.45, 2.75) is 5.75 Å². The standard InChI is InChI=1S/C8H8Br2OS/c1-11-8-5(4-12)2-6(9)3-7(8)10/h2-3,12H,4H2,1H3. The fourth-order valence-corrected chi connectivity index (χ4v) is 2.67. The van der Waals surface area contributed by atoms with E-state index in [1.165, 1.54) is 0 Å². The van der Waals surface area contributed by atoms with Crippen molar-refractivity contribution in [1.82, 2.24) is 0 Å². The molecule has 0 saturated carbocycles. The fraction of sp³-hybridized carbons (Fsp3) is 0.250. The highest BCUT2D eigenvalue weighted by Gasteiger charge is 2.06. The Kier molecular flexibility index (Phi) is 3.93. The molecule has 0 saturated heterocycles. The third-order valence-electron chi connectivity index (χ3n) is 1.46. The molecule has 1 nitrogen and oxygen atoms in total. The van der Waals surface area contributed by atoms with Crippen LogP contribution >= 0.6 is 44.5 Å². The van der Waals surface area contributed by atoms with E-state index in [2.05, 4.69) is 44.5 Å². The Morgan fingerprint density at radius 3 is 2.58 bits per heavy atom. The second-order valence-electron chi connectivity index (χ2n) is 2.24. The number of thiol groups is 1. The minimum atomic E-state index is 0.668. The van der Waals surface area contributed by atoms with Gasteiger partial charge in [0.1, 0.15) is 5.75 Å². The minimum Gasteiger partial charge on any atom is -0.495 e. The van der Waals surface area contributed by atoms with Gasteiger partial charge in [0.05, 0.1) is 11.6 Å². The highest BCUT2D eigenvalue weighted by Crippen LogP contribution is 2.33. The lowest BCUT2D eigenvalue weighted by molar-refractivity contribution is 0.408. The average Bonchev–Trinajstić information content (AvgIpc) is 2.03. The molecular weight excluding hydrogens is 304 g/mol. The summed E-state index contributed by atoms with van der Waals surface area (Å²) in [6.07, 6.45) is 0. The van der Waals surface area contributed by atoms with Crippen molar-refractivity contribution in [2.75, 3.05) is 7.11 Å². The zero-order valence-electron chi connectivity index (χ0n) is 6.47. The highest BCUT2D eigenvalue weighted by molar-refractivity contribution is 9.11. The molecule has 0 unspecified atom stereocenters. The largest absolute Gasteiger partial charge is 0.495 e. The number of hydrogen-bond acceptors (Lipinski definition) is 2. The topological polar surface area (TPSA) is 9.23 Å². The molecule has 66 valence electrons. The van der Waals surface area contributed by atoms with Crippen LogP contribution in [0.5, 0.6) is 5.75 Å². The van der Waals surface area contributed by atoms with E-state index in [4.69, 9.17) is 4.74 Å². The van der Waals surface area contributed by atoms with Crippen LogP contribution in [-0.2, 0) is 5.75 Å². The molecular formula is C8H8Br2OS. The van der Waals surface area contributed by atoms with Crippen LogP contribution in [0.3, 0.4) is 0 Å². The van der Waals surface area contributed by atoms with E-state index in [0.29, 0.717) is 5.75 Å². The summed E-state index contributed by atoms with van der Waals surface area (Å²) in [5.41, 5.74) is 1.07. The summed E-state index contributed by atoms with van der Waals surface area (Å²) in [5.74, 6) is 1.52. The second kappa shape index (κ2) is 4.53. The summed E-state index contributed by atoms with van der Waals surface area (Å²) in [7, 11) is 1.65. The maximum absolute atomic E-state index is 5.21. The Bertz CT molecular complexity index is 289. The molecule has 0 heterocycles. The Morgan fingerprint density at radius 2 is 2.08 bits per heavy atom. The molecule has 0 aromatic heterocycles. The normalized spacial score (nSPS) is 10.0. The van der Waals surface area contributed by atoms with E-state index in [1.807, 2.05) is 12.1 Å². The van der Waals surface area contributed by atoms with Gasteiger partial charge in [0, 0.05) is 15.8 Å². The summed E-state index contributed by atoms with van der Waals surface area (Å²) in [4.78, 5) is 0. The number of benzene rings is 1. The van der Waals surface area contributed by atoms with Crippen LogP contribution in [0.2, 0.25) is 0 Å². The molecule has 0 aliphatic heterocycles. The Hall–Kier alpha value is 0.330. The van der Waals surface area contributed by atoms with E-state index < -0.39 is 0 Å². The van der Waals surface area contributed by atoms with Crippen LogP contribution < -0.4 is 4.74 Å².